The van der Waals surface area contributed by atoms with Crippen LogP contribution in [0, 0.1) is 0 Å². The van der Waals surface area contributed by atoms with E-state index in [4.69, 9.17) is 8.97 Å². The van der Waals surface area contributed by atoms with Gasteiger partial charge in [-0.15, -0.1) is 11.3 Å². The third kappa shape index (κ3) is 7.69. The van der Waals surface area contributed by atoms with Crippen molar-refractivity contribution >= 4 is 49.8 Å². The van der Waals surface area contributed by atoms with E-state index in [-0.39, 0.29) is 24.5 Å². The summed E-state index contributed by atoms with van der Waals surface area (Å²) in [5, 5.41) is 6.14. The van der Waals surface area contributed by atoms with Gasteiger partial charge < -0.3 is 9.73 Å². The number of nitrogens with one attached hydrogen (secondary N) is 1. The van der Waals surface area contributed by atoms with E-state index in [9.17, 15) is 18.0 Å². The second-order valence-corrected chi connectivity index (χ2v) is 13.6. The highest BCUT2D eigenvalue weighted by atomic mass is 32.2. The molecule has 0 aliphatic rings. The van der Waals surface area contributed by atoms with Crippen LogP contribution in [0.25, 0.3) is 32.7 Å². The zero-order chi connectivity index (χ0) is 32.1. The van der Waals surface area contributed by atoms with E-state index < -0.39 is 21.8 Å². The molecule has 46 heavy (non-hydrogen) atoms. The molecule has 1 unspecified atom stereocenters. The summed E-state index contributed by atoms with van der Waals surface area (Å²) in [5.41, 5.74) is 5.65. The molecule has 0 aliphatic carbocycles. The normalized spacial score (nSPS) is 12.2. The third-order valence-corrected chi connectivity index (χ3v) is 9.54. The predicted octanol–water partition coefficient (Wildman–Crippen LogP) is 8.64. The summed E-state index contributed by atoms with van der Waals surface area (Å²) in [6.45, 7) is 0. The lowest BCUT2D eigenvalue weighted by Crippen LogP contribution is -2.23. The first-order chi connectivity index (χ1) is 22.2. The first-order valence-electron chi connectivity index (χ1n) is 14.8. The van der Waals surface area contributed by atoms with Crippen LogP contribution in [-0.4, -0.2) is 30.4 Å². The van der Waals surface area contributed by atoms with Gasteiger partial charge in [0.1, 0.15) is 11.3 Å². The van der Waals surface area contributed by atoms with Crippen LogP contribution >= 0.6 is 11.3 Å². The van der Waals surface area contributed by atoms with Crippen molar-refractivity contribution in [1.29, 1.82) is 0 Å². The molecule has 2 heterocycles. The second kappa shape index (κ2) is 13.7. The first-order valence-corrected chi connectivity index (χ1v) is 17.3. The summed E-state index contributed by atoms with van der Waals surface area (Å²) >= 11 is 1.66. The van der Waals surface area contributed by atoms with Crippen molar-refractivity contribution in [2.24, 2.45) is 0 Å². The molecule has 7 nitrogen and oxygen atoms in total. The lowest BCUT2D eigenvalue weighted by atomic mass is 9.89. The van der Waals surface area contributed by atoms with Crippen LogP contribution in [0.3, 0.4) is 0 Å². The molecule has 2 N–H and O–H groups in total. The van der Waals surface area contributed by atoms with Crippen molar-refractivity contribution < 1.29 is 27.0 Å². The highest BCUT2D eigenvalue weighted by Crippen LogP contribution is 2.31. The highest BCUT2D eigenvalue weighted by molar-refractivity contribution is 7.85. The number of rotatable bonds is 12. The lowest BCUT2D eigenvalue weighted by Gasteiger charge is -2.18. The Kier molecular flexibility index (Phi) is 9.25. The van der Waals surface area contributed by atoms with E-state index in [1.54, 1.807) is 23.5 Å². The van der Waals surface area contributed by atoms with Crippen molar-refractivity contribution in [3.63, 3.8) is 0 Å². The average Bonchev–Trinajstić information content (AvgIpc) is 3.75. The van der Waals surface area contributed by atoms with Crippen LogP contribution in [0.5, 0.6) is 0 Å². The van der Waals surface area contributed by atoms with Gasteiger partial charge in [0.15, 0.2) is 5.78 Å². The molecular formula is C37H31NO6S2. The number of carbonyl (C=O) groups excluding carboxylic acids is 2. The van der Waals surface area contributed by atoms with Gasteiger partial charge in [0.05, 0.1) is 11.7 Å². The molecular weight excluding hydrogens is 619 g/mol. The molecule has 0 bridgehead atoms. The molecule has 232 valence electrons. The molecule has 4 aromatic carbocycles. The average molecular weight is 650 g/mol. The molecule has 0 saturated heterocycles. The van der Waals surface area contributed by atoms with Crippen molar-refractivity contribution in [3.8, 4) is 21.8 Å². The number of furan rings is 1. The Labute approximate surface area is 271 Å². The van der Waals surface area contributed by atoms with Gasteiger partial charge in [-0.05, 0) is 77.4 Å². The minimum Gasteiger partial charge on any atom is -0.456 e. The number of ketones is 1. The Morgan fingerprint density at radius 3 is 2.22 bits per heavy atom. The maximum atomic E-state index is 13.8. The third-order valence-electron chi connectivity index (χ3n) is 7.82. The molecule has 0 aliphatic heterocycles. The maximum absolute atomic E-state index is 13.8. The van der Waals surface area contributed by atoms with Gasteiger partial charge in [-0.3, -0.25) is 14.1 Å². The number of thiophene rings is 1. The zero-order valence-corrected chi connectivity index (χ0v) is 26.4. The van der Waals surface area contributed by atoms with E-state index in [0.717, 1.165) is 43.9 Å². The fourth-order valence-electron chi connectivity index (χ4n) is 5.38. The van der Waals surface area contributed by atoms with Gasteiger partial charge in [0.25, 0.3) is 10.1 Å². The number of hydrogen-bond donors (Lipinski definition) is 2. The summed E-state index contributed by atoms with van der Waals surface area (Å²) in [5.74, 6) is -0.584. The van der Waals surface area contributed by atoms with Gasteiger partial charge in [-0.1, -0.05) is 72.8 Å². The zero-order valence-electron chi connectivity index (χ0n) is 24.8. The number of hydrogen-bond acceptors (Lipinski definition) is 6. The van der Waals surface area contributed by atoms with E-state index >= 15 is 0 Å². The molecule has 6 aromatic rings. The predicted molar refractivity (Wildman–Crippen MR) is 183 cm³/mol. The largest absolute Gasteiger partial charge is 0.456 e. The molecule has 9 heteroatoms. The Morgan fingerprint density at radius 1 is 0.826 bits per heavy atom. The van der Waals surface area contributed by atoms with Gasteiger partial charge in [0, 0.05) is 33.5 Å². The van der Waals surface area contributed by atoms with E-state index in [0.29, 0.717) is 17.7 Å². The number of carbonyl (C=O) groups is 2. The van der Waals surface area contributed by atoms with Crippen LogP contribution in [0.2, 0.25) is 0 Å². The Morgan fingerprint density at radius 2 is 1.54 bits per heavy atom. The fraction of sp³-hybridized carbons (Fsp3) is 0.135. The molecule has 1 atom stereocenters. The van der Waals surface area contributed by atoms with Gasteiger partial charge in [-0.2, -0.15) is 8.42 Å². The van der Waals surface area contributed by atoms with Crippen molar-refractivity contribution in [2.75, 3.05) is 11.1 Å². The summed E-state index contributed by atoms with van der Waals surface area (Å²) in [4.78, 5) is 27.5. The summed E-state index contributed by atoms with van der Waals surface area (Å²) in [6, 6.07) is 36.5. The Hall–Kier alpha value is -4.83. The smallest absolute Gasteiger partial charge is 0.264 e. The monoisotopic (exact) mass is 649 g/mol. The minimum absolute atomic E-state index is 0.00981. The maximum Gasteiger partial charge on any atom is 0.264 e. The number of para-hydroxylation sites is 1. The summed E-state index contributed by atoms with van der Waals surface area (Å²) in [7, 11) is -4.11. The fourth-order valence-corrected chi connectivity index (χ4v) is 6.62. The van der Waals surface area contributed by atoms with Crippen molar-refractivity contribution in [3.05, 3.63) is 137 Å². The van der Waals surface area contributed by atoms with Crippen LogP contribution < -0.4 is 5.32 Å². The molecule has 0 radical (unpaired) electrons. The molecule has 0 spiro atoms. The van der Waals surface area contributed by atoms with Crippen LogP contribution in [-0.2, 0) is 21.3 Å². The number of anilines is 1. The standard InChI is InChI=1S/C37H31NO6S2/c39-33(6-4-22-46(41,42)43)27-11-9-25(10-12-27)23-32(26-13-15-29(16-14-26)36-8-3-21-45-36)37(40)38-31-19-17-28(18-20-31)35-24-30-5-1-2-7-34(30)44-35/h1-3,5,7-21,24,32H,4,6,22-23H2,(H,38,40)(H,41,42,43). The van der Waals surface area contributed by atoms with Gasteiger partial charge in [0.2, 0.25) is 5.91 Å². The van der Waals surface area contributed by atoms with Gasteiger partial charge >= 0.3 is 0 Å². The van der Waals surface area contributed by atoms with Crippen LogP contribution in [0.15, 0.2) is 125 Å². The summed E-state index contributed by atoms with van der Waals surface area (Å²) in [6.07, 6.45) is 0.455. The molecule has 1 amide bonds. The van der Waals surface area contributed by atoms with E-state index in [1.807, 2.05) is 102 Å². The van der Waals surface area contributed by atoms with Crippen molar-refractivity contribution in [2.45, 2.75) is 25.2 Å². The number of fused-ring (bicyclic) bond motifs is 1. The molecule has 6 rings (SSSR count). The van der Waals surface area contributed by atoms with Crippen LogP contribution in [0.4, 0.5) is 5.69 Å². The van der Waals surface area contributed by atoms with Gasteiger partial charge in [-0.25, -0.2) is 0 Å². The number of amides is 1. The van der Waals surface area contributed by atoms with E-state index in [1.165, 1.54) is 0 Å². The Balaban J connectivity index is 1.19. The first kappa shape index (κ1) is 31.2. The van der Waals surface area contributed by atoms with Crippen molar-refractivity contribution in [1.82, 2.24) is 0 Å². The SMILES string of the molecule is O=C(CCCS(=O)(=O)O)c1ccc(CC(C(=O)Nc2ccc(-c3cc4ccccc4o3)cc2)c2ccc(-c3cccs3)cc2)cc1. The van der Waals surface area contributed by atoms with E-state index in [2.05, 4.69) is 11.4 Å². The molecule has 0 fully saturated rings. The second-order valence-electron chi connectivity index (χ2n) is 11.1. The molecule has 2 aromatic heterocycles. The summed E-state index contributed by atoms with van der Waals surface area (Å²) < 4.78 is 36.9. The Bertz CT molecular complexity index is 2030. The van der Waals surface area contributed by atoms with Crippen LogP contribution in [0.1, 0.15) is 40.2 Å². The quantitative estimate of drug-likeness (QED) is 0.101. The number of benzene rings is 4. The number of Topliss-reactive ketones (excluding diaryl/α,β-unsaturated/α-hetero) is 1. The minimum atomic E-state index is -4.11. The highest BCUT2D eigenvalue weighted by Gasteiger charge is 2.22. The topological polar surface area (TPSA) is 114 Å². The lowest BCUT2D eigenvalue weighted by molar-refractivity contribution is -0.117. The molecule has 0 saturated carbocycles.